The quantitative estimate of drug-likeness (QED) is 0.788. The lowest BCUT2D eigenvalue weighted by atomic mass is 9.97. The highest BCUT2D eigenvalue weighted by Gasteiger charge is 2.35. The monoisotopic (exact) mass is 303 g/mol. The lowest BCUT2D eigenvalue weighted by molar-refractivity contribution is -0.139. The molecule has 1 unspecified atom stereocenters. The summed E-state index contributed by atoms with van der Waals surface area (Å²) in [5.74, 6) is 0.0541. The van der Waals surface area contributed by atoms with Crippen LogP contribution in [0.5, 0.6) is 0 Å². The summed E-state index contributed by atoms with van der Waals surface area (Å²) < 4.78 is 25.4. The third kappa shape index (κ3) is 3.32. The summed E-state index contributed by atoms with van der Waals surface area (Å²) in [5.41, 5.74) is 0. The molecule has 2 aliphatic rings. The third-order valence-electron chi connectivity index (χ3n) is 4.28. The van der Waals surface area contributed by atoms with Crippen molar-refractivity contribution in [2.45, 2.75) is 32.7 Å². The molecule has 116 valence electrons. The molecule has 1 amide bonds. The lowest BCUT2D eigenvalue weighted by Crippen LogP contribution is -2.56. The molecule has 20 heavy (non-hydrogen) atoms. The number of amides is 1. The highest BCUT2D eigenvalue weighted by molar-refractivity contribution is 7.89. The Labute approximate surface area is 121 Å². The molecule has 0 aromatic rings. The van der Waals surface area contributed by atoms with Crippen molar-refractivity contribution in [1.29, 1.82) is 0 Å². The van der Waals surface area contributed by atoms with Crippen molar-refractivity contribution in [3.05, 3.63) is 0 Å². The summed E-state index contributed by atoms with van der Waals surface area (Å²) in [6, 6.07) is 0.189. The maximum absolute atomic E-state index is 12.6. The normalized spacial score (nSPS) is 29.4. The van der Waals surface area contributed by atoms with E-state index < -0.39 is 10.0 Å². The standard InChI is InChI=1S/C13H25N3O3S/c1-3-20(18,19)15-7-4-5-12(10-15)13(17)16-8-6-14-9-11(16)2/h11-12,14H,3-10H2,1-2H3/t11-,12?/m1/s1. The van der Waals surface area contributed by atoms with Gasteiger partial charge in [0.05, 0.1) is 11.7 Å². The van der Waals surface area contributed by atoms with Crippen LogP contribution in [0, 0.1) is 5.92 Å². The molecule has 0 aliphatic carbocycles. The fraction of sp³-hybridized carbons (Fsp3) is 0.923. The average molecular weight is 303 g/mol. The van der Waals surface area contributed by atoms with Crippen molar-refractivity contribution in [1.82, 2.24) is 14.5 Å². The lowest BCUT2D eigenvalue weighted by Gasteiger charge is -2.39. The van der Waals surface area contributed by atoms with Crippen LogP contribution >= 0.6 is 0 Å². The first-order valence-corrected chi connectivity index (χ1v) is 9.05. The summed E-state index contributed by atoms with van der Waals surface area (Å²) in [5, 5.41) is 3.26. The van der Waals surface area contributed by atoms with Gasteiger partial charge in [-0.1, -0.05) is 0 Å². The van der Waals surface area contributed by atoms with E-state index in [1.807, 2.05) is 11.8 Å². The maximum Gasteiger partial charge on any atom is 0.227 e. The van der Waals surface area contributed by atoms with Gasteiger partial charge in [-0.15, -0.1) is 0 Å². The Kier molecular flexibility index (Phi) is 5.04. The van der Waals surface area contributed by atoms with Crippen molar-refractivity contribution < 1.29 is 13.2 Å². The highest BCUT2D eigenvalue weighted by atomic mass is 32.2. The second-order valence-corrected chi connectivity index (χ2v) is 7.94. The molecule has 1 N–H and O–H groups in total. The predicted octanol–water partition coefficient (Wildman–Crippen LogP) is -0.132. The molecule has 6 nitrogen and oxygen atoms in total. The first-order chi connectivity index (χ1) is 9.45. The number of carbonyl (C=O) groups is 1. The molecule has 0 aromatic carbocycles. The molecule has 0 radical (unpaired) electrons. The van der Waals surface area contributed by atoms with Gasteiger partial charge in [0.1, 0.15) is 0 Å². The molecular formula is C13H25N3O3S. The zero-order valence-corrected chi connectivity index (χ0v) is 13.2. The van der Waals surface area contributed by atoms with Gasteiger partial charge in [0.25, 0.3) is 0 Å². The van der Waals surface area contributed by atoms with Gasteiger partial charge in [0.2, 0.25) is 15.9 Å². The Morgan fingerprint density at radius 3 is 2.75 bits per heavy atom. The molecule has 2 saturated heterocycles. The van der Waals surface area contributed by atoms with Crippen LogP contribution < -0.4 is 5.32 Å². The van der Waals surface area contributed by atoms with Crippen molar-refractivity contribution in [2.75, 3.05) is 38.5 Å². The molecule has 2 fully saturated rings. The number of piperazine rings is 1. The Bertz CT molecular complexity index is 452. The summed E-state index contributed by atoms with van der Waals surface area (Å²) in [6.45, 7) is 6.95. The van der Waals surface area contributed by atoms with E-state index in [1.54, 1.807) is 6.92 Å². The Hall–Kier alpha value is -0.660. The molecule has 2 atom stereocenters. The molecule has 0 saturated carbocycles. The van der Waals surface area contributed by atoms with Gasteiger partial charge < -0.3 is 10.2 Å². The van der Waals surface area contributed by atoms with Crippen LogP contribution in [-0.2, 0) is 14.8 Å². The largest absolute Gasteiger partial charge is 0.337 e. The van der Waals surface area contributed by atoms with Gasteiger partial charge in [0, 0.05) is 38.8 Å². The smallest absolute Gasteiger partial charge is 0.227 e. The number of hydrogen-bond acceptors (Lipinski definition) is 4. The predicted molar refractivity (Wildman–Crippen MR) is 77.8 cm³/mol. The van der Waals surface area contributed by atoms with Crippen LogP contribution in [0.4, 0.5) is 0 Å². The van der Waals surface area contributed by atoms with Crippen molar-refractivity contribution >= 4 is 15.9 Å². The molecule has 0 spiro atoms. The number of carbonyl (C=O) groups excluding carboxylic acids is 1. The van der Waals surface area contributed by atoms with Gasteiger partial charge in [-0.25, -0.2) is 12.7 Å². The summed E-state index contributed by atoms with van der Waals surface area (Å²) in [7, 11) is -3.18. The van der Waals surface area contributed by atoms with E-state index in [0.717, 1.165) is 32.5 Å². The number of nitrogens with one attached hydrogen (secondary N) is 1. The Balaban J connectivity index is 2.03. The van der Waals surface area contributed by atoms with Crippen LogP contribution in [0.25, 0.3) is 0 Å². The van der Waals surface area contributed by atoms with Gasteiger partial charge >= 0.3 is 0 Å². The second-order valence-electron chi connectivity index (χ2n) is 5.68. The minimum absolute atomic E-state index is 0.109. The Morgan fingerprint density at radius 2 is 2.10 bits per heavy atom. The molecule has 0 aromatic heterocycles. The van der Waals surface area contributed by atoms with E-state index in [9.17, 15) is 13.2 Å². The zero-order valence-electron chi connectivity index (χ0n) is 12.3. The zero-order chi connectivity index (χ0) is 14.8. The Morgan fingerprint density at radius 1 is 1.35 bits per heavy atom. The first kappa shape index (κ1) is 15.7. The number of hydrogen-bond donors (Lipinski definition) is 1. The second kappa shape index (κ2) is 6.41. The number of piperidine rings is 1. The minimum atomic E-state index is -3.18. The van der Waals surface area contributed by atoms with Crippen molar-refractivity contribution in [3.63, 3.8) is 0 Å². The molecule has 0 bridgehead atoms. The van der Waals surface area contributed by atoms with E-state index in [1.165, 1.54) is 4.31 Å². The van der Waals surface area contributed by atoms with Gasteiger partial charge in [0.15, 0.2) is 0 Å². The van der Waals surface area contributed by atoms with Gasteiger partial charge in [-0.2, -0.15) is 0 Å². The summed E-state index contributed by atoms with van der Waals surface area (Å²) in [6.07, 6.45) is 1.57. The van der Waals surface area contributed by atoms with Crippen LogP contribution in [0.1, 0.15) is 26.7 Å². The first-order valence-electron chi connectivity index (χ1n) is 7.44. The van der Waals surface area contributed by atoms with Crippen molar-refractivity contribution in [3.8, 4) is 0 Å². The number of rotatable bonds is 3. The van der Waals surface area contributed by atoms with E-state index in [2.05, 4.69) is 5.32 Å². The number of nitrogens with zero attached hydrogens (tertiary/aromatic N) is 2. The highest BCUT2D eigenvalue weighted by Crippen LogP contribution is 2.22. The van der Waals surface area contributed by atoms with Crippen molar-refractivity contribution in [2.24, 2.45) is 5.92 Å². The van der Waals surface area contributed by atoms with E-state index in [-0.39, 0.29) is 23.6 Å². The molecule has 7 heteroatoms. The van der Waals surface area contributed by atoms with Crippen LogP contribution in [0.3, 0.4) is 0 Å². The maximum atomic E-state index is 12.6. The van der Waals surface area contributed by atoms with E-state index in [0.29, 0.717) is 13.1 Å². The molecular weight excluding hydrogens is 278 g/mol. The van der Waals surface area contributed by atoms with Gasteiger partial charge in [-0.05, 0) is 26.7 Å². The van der Waals surface area contributed by atoms with E-state index in [4.69, 9.17) is 0 Å². The SMILES string of the molecule is CCS(=O)(=O)N1CCCC(C(=O)N2CCNC[C@H]2C)C1. The summed E-state index contributed by atoms with van der Waals surface area (Å²) in [4.78, 5) is 14.5. The summed E-state index contributed by atoms with van der Waals surface area (Å²) >= 11 is 0. The fourth-order valence-corrected chi connectivity index (χ4v) is 4.16. The number of sulfonamides is 1. The van der Waals surface area contributed by atoms with E-state index >= 15 is 0 Å². The minimum Gasteiger partial charge on any atom is -0.337 e. The molecule has 2 aliphatic heterocycles. The van der Waals surface area contributed by atoms with Crippen LogP contribution in [0.2, 0.25) is 0 Å². The van der Waals surface area contributed by atoms with Crippen LogP contribution in [-0.4, -0.2) is 68.0 Å². The van der Waals surface area contributed by atoms with Crippen LogP contribution in [0.15, 0.2) is 0 Å². The topological polar surface area (TPSA) is 69.7 Å². The van der Waals surface area contributed by atoms with Gasteiger partial charge in [-0.3, -0.25) is 4.79 Å². The fourth-order valence-electron chi connectivity index (χ4n) is 2.98. The average Bonchev–Trinajstić information content (AvgIpc) is 2.47. The molecule has 2 heterocycles. The third-order valence-corrected chi connectivity index (χ3v) is 6.12. The molecule has 2 rings (SSSR count).